The van der Waals surface area contributed by atoms with E-state index in [2.05, 4.69) is 5.32 Å². The highest BCUT2D eigenvalue weighted by molar-refractivity contribution is 7.17. The second-order valence-corrected chi connectivity index (χ2v) is 6.90. The predicted molar refractivity (Wildman–Crippen MR) is 99.8 cm³/mol. The molecule has 0 saturated heterocycles. The van der Waals surface area contributed by atoms with Gasteiger partial charge in [-0.1, -0.05) is 12.1 Å². The van der Waals surface area contributed by atoms with Crippen LogP contribution in [0.1, 0.15) is 22.2 Å². The second-order valence-electron chi connectivity index (χ2n) is 5.84. The summed E-state index contributed by atoms with van der Waals surface area (Å²) in [6, 6.07) is 16.3. The number of ether oxygens (including phenoxy) is 2. The van der Waals surface area contributed by atoms with E-state index in [4.69, 9.17) is 9.47 Å². The number of esters is 1. The number of benzene rings is 2. The summed E-state index contributed by atoms with van der Waals surface area (Å²) in [5, 5.41) is 2.67. The molecule has 0 atom stereocenters. The highest BCUT2D eigenvalue weighted by Crippen LogP contribution is 2.42. The molecule has 1 aromatic heterocycles. The third kappa shape index (κ3) is 3.19. The summed E-state index contributed by atoms with van der Waals surface area (Å²) in [6.07, 6.45) is 0. The highest BCUT2D eigenvalue weighted by Gasteiger charge is 2.23. The summed E-state index contributed by atoms with van der Waals surface area (Å²) in [4.78, 5) is 25.1. The average molecular weight is 365 g/mol. The van der Waals surface area contributed by atoms with Crippen molar-refractivity contribution in [3.05, 3.63) is 65.0 Å². The van der Waals surface area contributed by atoms with Gasteiger partial charge >= 0.3 is 5.97 Å². The Hall–Kier alpha value is -3.12. The van der Waals surface area contributed by atoms with Crippen LogP contribution in [0.5, 0.6) is 11.5 Å². The molecule has 0 spiro atoms. The third-order valence-electron chi connectivity index (χ3n) is 3.91. The van der Waals surface area contributed by atoms with Crippen LogP contribution in [0.3, 0.4) is 0 Å². The van der Waals surface area contributed by atoms with Crippen molar-refractivity contribution in [3.63, 3.8) is 0 Å². The number of anilines is 1. The Labute approximate surface area is 154 Å². The maximum atomic E-state index is 12.5. The zero-order valence-electron chi connectivity index (χ0n) is 13.9. The minimum atomic E-state index is -0.408. The summed E-state index contributed by atoms with van der Waals surface area (Å²) in [6.45, 7) is 1.88. The van der Waals surface area contributed by atoms with Crippen molar-refractivity contribution in [1.82, 2.24) is 0 Å². The zero-order chi connectivity index (χ0) is 18.1. The molecule has 2 aromatic carbocycles. The molecule has 0 radical (unpaired) electrons. The first-order valence-electron chi connectivity index (χ1n) is 8.05. The quantitative estimate of drug-likeness (QED) is 0.549. The molecule has 6 heteroatoms. The van der Waals surface area contributed by atoms with Gasteiger partial charge in [0.2, 0.25) is 5.91 Å². The number of amides is 1. The van der Waals surface area contributed by atoms with E-state index < -0.39 is 5.97 Å². The first-order valence-corrected chi connectivity index (χ1v) is 8.86. The molecular weight excluding hydrogens is 350 g/mol. The number of hydrogen-bond acceptors (Lipinski definition) is 5. The maximum Gasteiger partial charge on any atom is 0.353 e. The van der Waals surface area contributed by atoms with Crippen LogP contribution in [0.2, 0.25) is 0 Å². The first kappa shape index (κ1) is 16.4. The minimum absolute atomic E-state index is 0.151. The van der Waals surface area contributed by atoms with Crippen LogP contribution in [0.15, 0.2) is 54.6 Å². The van der Waals surface area contributed by atoms with Crippen LogP contribution in [0.25, 0.3) is 10.4 Å². The van der Waals surface area contributed by atoms with Gasteiger partial charge in [0.15, 0.2) is 0 Å². The van der Waals surface area contributed by atoms with E-state index in [0.717, 1.165) is 21.8 Å². The van der Waals surface area contributed by atoms with Gasteiger partial charge in [-0.15, -0.1) is 11.3 Å². The van der Waals surface area contributed by atoms with E-state index in [0.29, 0.717) is 22.9 Å². The van der Waals surface area contributed by atoms with E-state index in [1.807, 2.05) is 30.3 Å². The fraction of sp³-hybridized carbons (Fsp3) is 0.100. The van der Waals surface area contributed by atoms with E-state index in [9.17, 15) is 9.59 Å². The topological polar surface area (TPSA) is 64.6 Å². The molecule has 0 aliphatic carbocycles. The Kier molecular flexibility index (Phi) is 4.18. The SMILES string of the molecule is CC(=O)Nc1ccc(OC(=O)c2cc3c(s2)-c2ccccc2OC3)cc1. The molecule has 0 bridgehead atoms. The highest BCUT2D eigenvalue weighted by atomic mass is 32.1. The van der Waals surface area contributed by atoms with Gasteiger partial charge in [-0.05, 0) is 42.5 Å². The largest absolute Gasteiger partial charge is 0.488 e. The van der Waals surface area contributed by atoms with Crippen molar-refractivity contribution in [2.75, 3.05) is 5.32 Å². The van der Waals surface area contributed by atoms with Crippen molar-refractivity contribution in [1.29, 1.82) is 0 Å². The van der Waals surface area contributed by atoms with Gasteiger partial charge in [-0.25, -0.2) is 4.79 Å². The lowest BCUT2D eigenvalue weighted by Crippen LogP contribution is -2.07. The molecule has 26 heavy (non-hydrogen) atoms. The van der Waals surface area contributed by atoms with Crippen LogP contribution in [-0.4, -0.2) is 11.9 Å². The van der Waals surface area contributed by atoms with Gasteiger partial charge in [0.25, 0.3) is 0 Å². The van der Waals surface area contributed by atoms with Crippen LogP contribution < -0.4 is 14.8 Å². The first-order chi connectivity index (χ1) is 12.6. The van der Waals surface area contributed by atoms with Crippen molar-refractivity contribution in [2.45, 2.75) is 13.5 Å². The van der Waals surface area contributed by atoms with Gasteiger partial charge in [0.05, 0.1) is 0 Å². The Morgan fingerprint density at radius 1 is 1.12 bits per heavy atom. The van der Waals surface area contributed by atoms with Crippen molar-refractivity contribution >= 4 is 28.9 Å². The smallest absolute Gasteiger partial charge is 0.353 e. The molecule has 1 N–H and O–H groups in total. The van der Waals surface area contributed by atoms with Crippen LogP contribution in [0, 0.1) is 0 Å². The van der Waals surface area contributed by atoms with Gasteiger partial charge in [0, 0.05) is 28.6 Å². The zero-order valence-corrected chi connectivity index (χ0v) is 14.8. The summed E-state index contributed by atoms with van der Waals surface area (Å²) in [7, 11) is 0. The fourth-order valence-electron chi connectivity index (χ4n) is 2.77. The molecule has 0 saturated carbocycles. The second kappa shape index (κ2) is 6.65. The number of thiophene rings is 1. The fourth-order valence-corrected chi connectivity index (χ4v) is 3.84. The molecule has 0 fully saturated rings. The van der Waals surface area contributed by atoms with E-state index >= 15 is 0 Å². The molecule has 2 heterocycles. The van der Waals surface area contributed by atoms with Crippen molar-refractivity contribution in [2.24, 2.45) is 0 Å². The van der Waals surface area contributed by atoms with Gasteiger partial charge in [0.1, 0.15) is 23.0 Å². The summed E-state index contributed by atoms with van der Waals surface area (Å²) >= 11 is 1.41. The maximum absolute atomic E-state index is 12.5. The third-order valence-corrected chi connectivity index (χ3v) is 5.10. The lowest BCUT2D eigenvalue weighted by atomic mass is 10.1. The van der Waals surface area contributed by atoms with E-state index in [-0.39, 0.29) is 5.91 Å². The standard InChI is InChI=1S/C20H15NO4S/c1-12(22)21-14-6-8-15(9-7-14)25-20(23)18-10-13-11-24-17-5-3-2-4-16(17)19(13)26-18/h2-10H,11H2,1H3,(H,21,22). The van der Waals surface area contributed by atoms with Gasteiger partial charge in [-0.3, -0.25) is 4.79 Å². The summed E-state index contributed by atoms with van der Waals surface area (Å²) < 4.78 is 11.2. The average Bonchev–Trinajstić information content (AvgIpc) is 3.08. The Morgan fingerprint density at radius 2 is 1.88 bits per heavy atom. The van der Waals surface area contributed by atoms with Crippen molar-refractivity contribution in [3.8, 4) is 21.9 Å². The minimum Gasteiger partial charge on any atom is -0.488 e. The lowest BCUT2D eigenvalue weighted by Gasteiger charge is -2.16. The van der Waals surface area contributed by atoms with Crippen LogP contribution in [-0.2, 0) is 11.4 Å². The lowest BCUT2D eigenvalue weighted by molar-refractivity contribution is -0.114. The number of nitrogens with one attached hydrogen (secondary N) is 1. The molecule has 4 rings (SSSR count). The van der Waals surface area contributed by atoms with Crippen molar-refractivity contribution < 1.29 is 19.1 Å². The Bertz CT molecular complexity index is 991. The Morgan fingerprint density at radius 3 is 2.65 bits per heavy atom. The van der Waals surface area contributed by atoms with Crippen LogP contribution >= 0.6 is 11.3 Å². The predicted octanol–water partition coefficient (Wildman–Crippen LogP) is 4.49. The Balaban J connectivity index is 1.53. The molecule has 1 amide bonds. The summed E-state index contributed by atoms with van der Waals surface area (Å²) in [5.74, 6) is 0.693. The summed E-state index contributed by atoms with van der Waals surface area (Å²) in [5.41, 5.74) is 2.64. The number of carbonyl (C=O) groups excluding carboxylic acids is 2. The molecular formula is C20H15NO4S. The molecule has 1 aliphatic heterocycles. The number of para-hydroxylation sites is 1. The molecule has 3 aromatic rings. The monoisotopic (exact) mass is 365 g/mol. The molecule has 0 unspecified atom stereocenters. The number of hydrogen-bond donors (Lipinski definition) is 1. The van der Waals surface area contributed by atoms with E-state index in [1.54, 1.807) is 24.3 Å². The molecule has 1 aliphatic rings. The van der Waals surface area contributed by atoms with E-state index in [1.165, 1.54) is 18.3 Å². The number of fused-ring (bicyclic) bond motifs is 3. The number of carbonyl (C=O) groups is 2. The van der Waals surface area contributed by atoms with Gasteiger partial charge < -0.3 is 14.8 Å². The van der Waals surface area contributed by atoms with Gasteiger partial charge in [-0.2, -0.15) is 0 Å². The molecule has 5 nitrogen and oxygen atoms in total. The number of rotatable bonds is 3. The molecule has 130 valence electrons. The normalized spacial score (nSPS) is 11.7. The van der Waals surface area contributed by atoms with Crippen LogP contribution in [0.4, 0.5) is 5.69 Å².